The van der Waals surface area contributed by atoms with Gasteiger partial charge in [-0.1, -0.05) is 6.07 Å². The van der Waals surface area contributed by atoms with Crippen LogP contribution in [0.3, 0.4) is 0 Å². The molecule has 1 amide bonds. The Kier molecular flexibility index (Phi) is 3.89. The predicted octanol–water partition coefficient (Wildman–Crippen LogP) is 2.82. The molecule has 0 aliphatic carbocycles. The number of anilines is 1. The fourth-order valence-electron chi connectivity index (χ4n) is 1.81. The highest BCUT2D eigenvalue weighted by atomic mass is 19.1. The van der Waals surface area contributed by atoms with Crippen LogP contribution in [0.25, 0.3) is 0 Å². The van der Waals surface area contributed by atoms with Crippen LogP contribution in [-0.2, 0) is 0 Å². The van der Waals surface area contributed by atoms with Gasteiger partial charge in [0, 0.05) is 24.4 Å². The molecule has 0 fully saturated rings. The Balaban J connectivity index is 2.31. The van der Waals surface area contributed by atoms with Gasteiger partial charge in [-0.25, -0.2) is 4.39 Å². The molecule has 0 spiro atoms. The number of hydrogen-bond donors (Lipinski definition) is 1. The highest BCUT2D eigenvalue weighted by Gasteiger charge is 2.16. The number of rotatable bonds is 3. The van der Waals surface area contributed by atoms with E-state index >= 15 is 0 Å². The van der Waals surface area contributed by atoms with Crippen LogP contribution in [0.15, 0.2) is 42.5 Å². The molecule has 0 atom stereocenters. The topological polar surface area (TPSA) is 49.8 Å². The number of phenols is 1. The lowest BCUT2D eigenvalue weighted by molar-refractivity contribution is 0.0992. The Morgan fingerprint density at radius 3 is 2.65 bits per heavy atom. The molecule has 4 nitrogen and oxygen atoms in total. The molecule has 0 saturated heterocycles. The van der Waals surface area contributed by atoms with Gasteiger partial charge in [0.15, 0.2) is 11.6 Å². The number of benzene rings is 2. The molecule has 0 aliphatic heterocycles. The van der Waals surface area contributed by atoms with Gasteiger partial charge in [0.2, 0.25) is 0 Å². The Morgan fingerprint density at radius 1 is 1.25 bits per heavy atom. The van der Waals surface area contributed by atoms with Crippen molar-refractivity contribution in [2.24, 2.45) is 0 Å². The van der Waals surface area contributed by atoms with Crippen LogP contribution in [0.1, 0.15) is 10.4 Å². The van der Waals surface area contributed by atoms with Crippen molar-refractivity contribution < 1.29 is 19.0 Å². The quantitative estimate of drug-likeness (QED) is 0.937. The second-order valence-corrected chi connectivity index (χ2v) is 4.23. The highest BCUT2D eigenvalue weighted by molar-refractivity contribution is 6.06. The van der Waals surface area contributed by atoms with Crippen molar-refractivity contribution in [2.75, 3.05) is 19.1 Å². The van der Waals surface area contributed by atoms with Crippen LogP contribution in [0.2, 0.25) is 0 Å². The van der Waals surface area contributed by atoms with E-state index < -0.39 is 5.82 Å². The zero-order valence-electron chi connectivity index (χ0n) is 11.1. The van der Waals surface area contributed by atoms with E-state index in [0.29, 0.717) is 11.3 Å². The summed E-state index contributed by atoms with van der Waals surface area (Å²) in [6.45, 7) is 0. The zero-order chi connectivity index (χ0) is 14.7. The molecule has 0 aromatic heterocycles. The summed E-state index contributed by atoms with van der Waals surface area (Å²) in [5.74, 6) is -0.767. The first-order valence-electron chi connectivity index (χ1n) is 5.93. The van der Waals surface area contributed by atoms with Crippen molar-refractivity contribution in [3.05, 3.63) is 53.8 Å². The van der Waals surface area contributed by atoms with Gasteiger partial charge in [-0.15, -0.1) is 0 Å². The summed E-state index contributed by atoms with van der Waals surface area (Å²) >= 11 is 0. The lowest BCUT2D eigenvalue weighted by atomic mass is 10.1. The first-order chi connectivity index (χ1) is 9.52. The van der Waals surface area contributed by atoms with Crippen LogP contribution >= 0.6 is 0 Å². The smallest absolute Gasteiger partial charge is 0.258 e. The lowest BCUT2D eigenvalue weighted by Crippen LogP contribution is -2.26. The van der Waals surface area contributed by atoms with Gasteiger partial charge in [0.1, 0.15) is 5.75 Å². The van der Waals surface area contributed by atoms with Crippen molar-refractivity contribution in [3.8, 4) is 11.5 Å². The molecule has 0 radical (unpaired) electrons. The van der Waals surface area contributed by atoms with Gasteiger partial charge < -0.3 is 14.7 Å². The normalized spacial score (nSPS) is 10.2. The third-order valence-electron chi connectivity index (χ3n) is 2.92. The number of carbonyl (C=O) groups is 1. The van der Waals surface area contributed by atoms with Crippen molar-refractivity contribution in [3.63, 3.8) is 0 Å². The number of ether oxygens (including phenoxy) is 1. The van der Waals surface area contributed by atoms with Crippen molar-refractivity contribution >= 4 is 11.6 Å². The van der Waals surface area contributed by atoms with E-state index in [0.717, 1.165) is 0 Å². The molecule has 20 heavy (non-hydrogen) atoms. The molecular formula is C15H14FNO3. The van der Waals surface area contributed by atoms with Crippen LogP contribution in [0.5, 0.6) is 11.5 Å². The number of phenolic OH excluding ortho intramolecular Hbond substituents is 1. The maximum absolute atomic E-state index is 13.3. The molecule has 5 heteroatoms. The molecular weight excluding hydrogens is 261 g/mol. The van der Waals surface area contributed by atoms with Crippen LogP contribution in [-0.4, -0.2) is 25.2 Å². The molecule has 2 aromatic carbocycles. The Labute approximate surface area is 116 Å². The minimum Gasteiger partial charge on any atom is -0.508 e. The summed E-state index contributed by atoms with van der Waals surface area (Å²) in [4.78, 5) is 13.7. The van der Waals surface area contributed by atoms with Crippen molar-refractivity contribution in [1.29, 1.82) is 0 Å². The zero-order valence-corrected chi connectivity index (χ0v) is 11.1. The lowest BCUT2D eigenvalue weighted by Gasteiger charge is -2.18. The summed E-state index contributed by atoms with van der Waals surface area (Å²) in [5.41, 5.74) is 0.840. The third-order valence-corrected chi connectivity index (χ3v) is 2.92. The van der Waals surface area contributed by atoms with E-state index in [1.165, 1.54) is 42.3 Å². The van der Waals surface area contributed by atoms with E-state index in [2.05, 4.69) is 0 Å². The fraction of sp³-hybridized carbons (Fsp3) is 0.133. The molecule has 104 valence electrons. The molecule has 0 saturated carbocycles. The van der Waals surface area contributed by atoms with Gasteiger partial charge in [0.05, 0.1) is 7.11 Å². The van der Waals surface area contributed by atoms with E-state index in [4.69, 9.17) is 4.74 Å². The molecule has 0 bridgehead atoms. The third kappa shape index (κ3) is 2.71. The SMILES string of the molecule is COc1cc(C(=O)N(C)c2cccc(O)c2)ccc1F. The number of methoxy groups -OCH3 is 1. The molecule has 0 heterocycles. The van der Waals surface area contributed by atoms with Gasteiger partial charge in [0.25, 0.3) is 5.91 Å². The molecule has 0 aliphatic rings. The van der Waals surface area contributed by atoms with Crippen LogP contribution < -0.4 is 9.64 Å². The Morgan fingerprint density at radius 2 is 2.00 bits per heavy atom. The average Bonchev–Trinajstić information content (AvgIpc) is 2.46. The maximum atomic E-state index is 13.3. The Bertz CT molecular complexity index is 643. The number of aromatic hydroxyl groups is 1. The minimum atomic E-state index is -0.524. The van der Waals surface area contributed by atoms with E-state index in [1.54, 1.807) is 19.2 Å². The van der Waals surface area contributed by atoms with E-state index in [9.17, 15) is 14.3 Å². The number of hydrogen-bond acceptors (Lipinski definition) is 3. The van der Waals surface area contributed by atoms with Crippen molar-refractivity contribution in [2.45, 2.75) is 0 Å². The molecule has 0 unspecified atom stereocenters. The van der Waals surface area contributed by atoms with E-state index in [1.807, 2.05) is 0 Å². The van der Waals surface area contributed by atoms with Crippen LogP contribution in [0, 0.1) is 5.82 Å². The molecule has 2 rings (SSSR count). The standard InChI is InChI=1S/C15H14FNO3/c1-17(11-4-3-5-12(18)9-11)15(19)10-6-7-13(16)14(8-10)20-2/h3-9,18H,1-2H3. The highest BCUT2D eigenvalue weighted by Crippen LogP contribution is 2.23. The minimum absolute atomic E-state index is 0.0140. The summed E-state index contributed by atoms with van der Waals surface area (Å²) < 4.78 is 18.2. The second kappa shape index (κ2) is 5.61. The van der Waals surface area contributed by atoms with Gasteiger partial charge in [-0.05, 0) is 30.3 Å². The number of carbonyl (C=O) groups excluding carboxylic acids is 1. The van der Waals surface area contributed by atoms with Gasteiger partial charge in [-0.2, -0.15) is 0 Å². The molecule has 2 aromatic rings. The first-order valence-corrected chi connectivity index (χ1v) is 5.93. The largest absolute Gasteiger partial charge is 0.508 e. The van der Waals surface area contributed by atoms with Crippen LogP contribution in [0.4, 0.5) is 10.1 Å². The molecule has 1 N–H and O–H groups in total. The van der Waals surface area contributed by atoms with E-state index in [-0.39, 0.29) is 17.4 Å². The summed E-state index contributed by atoms with van der Waals surface area (Å²) in [6, 6.07) is 10.2. The summed E-state index contributed by atoms with van der Waals surface area (Å²) in [7, 11) is 2.92. The second-order valence-electron chi connectivity index (χ2n) is 4.23. The van der Waals surface area contributed by atoms with Crippen molar-refractivity contribution in [1.82, 2.24) is 0 Å². The number of halogens is 1. The fourth-order valence-corrected chi connectivity index (χ4v) is 1.81. The monoisotopic (exact) mass is 275 g/mol. The summed E-state index contributed by atoms with van der Waals surface area (Å²) in [6.07, 6.45) is 0. The first kappa shape index (κ1) is 13.9. The maximum Gasteiger partial charge on any atom is 0.258 e. The number of nitrogens with zero attached hydrogens (tertiary/aromatic N) is 1. The van der Waals surface area contributed by atoms with Gasteiger partial charge >= 0.3 is 0 Å². The van der Waals surface area contributed by atoms with Gasteiger partial charge in [-0.3, -0.25) is 4.79 Å². The summed E-state index contributed by atoms with van der Waals surface area (Å²) in [5, 5.41) is 9.43. The average molecular weight is 275 g/mol. The number of amides is 1. The Hall–Kier alpha value is -2.56. The predicted molar refractivity (Wildman–Crippen MR) is 73.8 cm³/mol.